The second kappa shape index (κ2) is 7.31. The summed E-state index contributed by atoms with van der Waals surface area (Å²) in [6.45, 7) is 6.81. The zero-order chi connectivity index (χ0) is 14.5. The first kappa shape index (κ1) is 17.3. The molecule has 19 heavy (non-hydrogen) atoms. The van der Waals surface area contributed by atoms with Crippen LogP contribution in [0.25, 0.3) is 0 Å². The Morgan fingerprint density at radius 2 is 1.58 bits per heavy atom. The molecule has 0 saturated heterocycles. The third-order valence-electron chi connectivity index (χ3n) is 3.08. The molecule has 0 aromatic heterocycles. The molecule has 108 valence electrons. The van der Waals surface area contributed by atoms with Crippen molar-refractivity contribution in [2.75, 3.05) is 18.4 Å². The van der Waals surface area contributed by atoms with E-state index in [2.05, 4.69) is 48.8 Å². The van der Waals surface area contributed by atoms with Gasteiger partial charge >= 0.3 is 0 Å². The minimum Gasteiger partial charge on any atom is -0.376 e. The third kappa shape index (κ3) is 5.26. The highest BCUT2D eigenvalue weighted by Crippen LogP contribution is 2.32. The van der Waals surface area contributed by atoms with Crippen molar-refractivity contribution < 1.29 is 4.74 Å². The van der Waals surface area contributed by atoms with Crippen molar-refractivity contribution in [2.45, 2.75) is 38.2 Å². The molecule has 1 aromatic rings. The maximum absolute atomic E-state index is 6.20. The van der Waals surface area contributed by atoms with Gasteiger partial charge in [-0.25, -0.2) is 0 Å². The first-order chi connectivity index (χ1) is 8.83. The van der Waals surface area contributed by atoms with E-state index < -0.39 is 0 Å². The SMILES string of the molecule is CC(C)(C)OCCC(CCl)(CCl)c1ccc(Br)cc1. The average molecular weight is 368 g/mol. The topological polar surface area (TPSA) is 9.23 Å². The Hall–Kier alpha value is 0.240. The second-order valence-corrected chi connectivity index (χ2v) is 7.22. The zero-order valence-corrected chi connectivity index (χ0v) is 14.8. The van der Waals surface area contributed by atoms with E-state index in [0.717, 1.165) is 10.9 Å². The van der Waals surface area contributed by atoms with Crippen LogP contribution in [0.1, 0.15) is 32.8 Å². The Labute approximate surface area is 134 Å². The molecule has 0 amide bonds. The molecule has 0 aliphatic carbocycles. The normalized spacial score (nSPS) is 12.7. The monoisotopic (exact) mass is 366 g/mol. The van der Waals surface area contributed by atoms with Gasteiger partial charge < -0.3 is 4.74 Å². The summed E-state index contributed by atoms with van der Waals surface area (Å²) in [5.41, 5.74) is 0.803. The maximum Gasteiger partial charge on any atom is 0.0598 e. The minimum atomic E-state index is -0.227. The number of ether oxygens (including phenoxy) is 1. The molecule has 1 aromatic carbocycles. The van der Waals surface area contributed by atoms with Crippen LogP contribution < -0.4 is 0 Å². The Bertz CT molecular complexity index is 380. The lowest BCUT2D eigenvalue weighted by atomic mass is 9.81. The van der Waals surface area contributed by atoms with Crippen LogP contribution in [0.4, 0.5) is 0 Å². The van der Waals surface area contributed by atoms with Crippen molar-refractivity contribution in [1.82, 2.24) is 0 Å². The lowest BCUT2D eigenvalue weighted by Gasteiger charge is -2.31. The molecule has 1 nitrogen and oxygen atoms in total. The average Bonchev–Trinajstić information content (AvgIpc) is 2.35. The molecule has 0 saturated carbocycles. The van der Waals surface area contributed by atoms with Gasteiger partial charge in [-0.1, -0.05) is 28.1 Å². The first-order valence-corrected chi connectivity index (χ1v) is 8.21. The standard InChI is InChI=1S/C15H21BrCl2O/c1-14(2,3)19-9-8-15(10-17,11-18)12-4-6-13(16)7-5-12/h4-7H,8-11H2,1-3H3. The van der Waals surface area contributed by atoms with Gasteiger partial charge in [0.15, 0.2) is 0 Å². The number of rotatable bonds is 6. The molecular formula is C15H21BrCl2O. The molecule has 0 radical (unpaired) electrons. The summed E-state index contributed by atoms with van der Waals surface area (Å²) >= 11 is 15.8. The summed E-state index contributed by atoms with van der Waals surface area (Å²) in [5.74, 6) is 0.983. The molecule has 0 fully saturated rings. The van der Waals surface area contributed by atoms with Gasteiger partial charge in [0.2, 0.25) is 0 Å². The summed E-state index contributed by atoms with van der Waals surface area (Å²) in [7, 11) is 0. The number of halogens is 3. The largest absolute Gasteiger partial charge is 0.376 e. The fourth-order valence-electron chi connectivity index (χ4n) is 1.82. The predicted molar refractivity (Wildman–Crippen MR) is 87.6 cm³/mol. The Morgan fingerprint density at radius 1 is 1.05 bits per heavy atom. The van der Waals surface area contributed by atoms with E-state index in [1.165, 1.54) is 5.56 Å². The number of alkyl halides is 2. The van der Waals surface area contributed by atoms with Crippen molar-refractivity contribution >= 4 is 39.1 Å². The van der Waals surface area contributed by atoms with Gasteiger partial charge in [0.05, 0.1) is 5.60 Å². The summed E-state index contributed by atoms with van der Waals surface area (Å²) in [4.78, 5) is 0. The molecule has 0 spiro atoms. The summed E-state index contributed by atoms with van der Waals surface area (Å²) in [6.07, 6.45) is 0.818. The Balaban J connectivity index is 2.82. The van der Waals surface area contributed by atoms with Gasteiger partial charge in [-0.3, -0.25) is 0 Å². The van der Waals surface area contributed by atoms with E-state index >= 15 is 0 Å². The van der Waals surface area contributed by atoms with E-state index in [1.807, 2.05) is 12.1 Å². The van der Waals surface area contributed by atoms with Crippen molar-refractivity contribution in [1.29, 1.82) is 0 Å². The lowest BCUT2D eigenvalue weighted by molar-refractivity contribution is -0.00964. The number of benzene rings is 1. The van der Waals surface area contributed by atoms with Gasteiger partial charge in [-0.2, -0.15) is 0 Å². The van der Waals surface area contributed by atoms with E-state index in [-0.39, 0.29) is 11.0 Å². The van der Waals surface area contributed by atoms with Gasteiger partial charge in [0.25, 0.3) is 0 Å². The lowest BCUT2D eigenvalue weighted by Crippen LogP contribution is -2.33. The quantitative estimate of drug-likeness (QED) is 0.614. The molecule has 0 heterocycles. The van der Waals surface area contributed by atoms with Gasteiger partial charge in [0.1, 0.15) is 0 Å². The van der Waals surface area contributed by atoms with Crippen molar-refractivity contribution in [2.24, 2.45) is 0 Å². The molecule has 4 heteroatoms. The van der Waals surface area contributed by atoms with Crippen LogP contribution in [0.3, 0.4) is 0 Å². The van der Waals surface area contributed by atoms with Crippen LogP contribution in [0.2, 0.25) is 0 Å². The van der Waals surface area contributed by atoms with Gasteiger partial charge in [-0.15, -0.1) is 23.2 Å². The van der Waals surface area contributed by atoms with E-state index in [9.17, 15) is 0 Å². The molecule has 0 aliphatic heterocycles. The highest BCUT2D eigenvalue weighted by molar-refractivity contribution is 9.10. The highest BCUT2D eigenvalue weighted by atomic mass is 79.9. The summed E-state index contributed by atoms with van der Waals surface area (Å²) < 4.78 is 6.86. The molecule has 0 unspecified atom stereocenters. The van der Waals surface area contributed by atoms with Crippen molar-refractivity contribution in [3.8, 4) is 0 Å². The first-order valence-electron chi connectivity index (χ1n) is 6.35. The molecule has 0 aliphatic rings. The minimum absolute atomic E-state index is 0.135. The molecule has 0 N–H and O–H groups in total. The highest BCUT2D eigenvalue weighted by Gasteiger charge is 2.31. The van der Waals surface area contributed by atoms with Gasteiger partial charge in [0, 0.05) is 28.3 Å². The molecular weight excluding hydrogens is 347 g/mol. The van der Waals surface area contributed by atoms with Crippen LogP contribution in [0.15, 0.2) is 28.7 Å². The van der Waals surface area contributed by atoms with Crippen LogP contribution in [-0.4, -0.2) is 24.0 Å². The number of hydrogen-bond acceptors (Lipinski definition) is 1. The van der Waals surface area contributed by atoms with Crippen molar-refractivity contribution in [3.63, 3.8) is 0 Å². The third-order valence-corrected chi connectivity index (χ3v) is 4.64. The maximum atomic E-state index is 6.20. The molecule has 0 atom stereocenters. The van der Waals surface area contributed by atoms with E-state index in [4.69, 9.17) is 27.9 Å². The summed E-state index contributed by atoms with van der Waals surface area (Å²) in [6, 6.07) is 8.19. The molecule has 1 rings (SSSR count). The second-order valence-electron chi connectivity index (χ2n) is 5.77. The molecule has 0 bridgehead atoms. The van der Waals surface area contributed by atoms with E-state index in [1.54, 1.807) is 0 Å². The van der Waals surface area contributed by atoms with Crippen LogP contribution in [-0.2, 0) is 10.2 Å². The van der Waals surface area contributed by atoms with Crippen molar-refractivity contribution in [3.05, 3.63) is 34.3 Å². The zero-order valence-electron chi connectivity index (χ0n) is 11.7. The number of hydrogen-bond donors (Lipinski definition) is 0. The smallest absolute Gasteiger partial charge is 0.0598 e. The Kier molecular flexibility index (Phi) is 6.65. The van der Waals surface area contributed by atoms with Crippen LogP contribution in [0.5, 0.6) is 0 Å². The van der Waals surface area contributed by atoms with Crippen LogP contribution >= 0.6 is 39.1 Å². The fraction of sp³-hybridized carbons (Fsp3) is 0.600. The fourth-order valence-corrected chi connectivity index (χ4v) is 2.95. The van der Waals surface area contributed by atoms with Crippen LogP contribution in [0, 0.1) is 0 Å². The summed E-state index contributed by atoms with van der Waals surface area (Å²) in [5, 5.41) is 0. The Morgan fingerprint density at radius 3 is 2.00 bits per heavy atom. The predicted octanol–water partition coefficient (Wildman–Crippen LogP) is 5.37. The van der Waals surface area contributed by atoms with Gasteiger partial charge in [-0.05, 0) is 44.9 Å². The van der Waals surface area contributed by atoms with E-state index in [0.29, 0.717) is 18.4 Å².